The Kier molecular flexibility index (Phi) is 9.82. The summed E-state index contributed by atoms with van der Waals surface area (Å²) in [6, 6.07) is 28.8. The minimum atomic E-state index is -0.529. The SMILES string of the molecule is Cc1ccccc1-c1cnc(NC(=O)c2ccccc2Cl)[nH]1.Cc1ccccc1-c1cnc(NC(=O)c2ccccc2F)[se]1. The van der Waals surface area contributed by atoms with Crippen molar-refractivity contribution < 1.29 is 14.0 Å². The summed E-state index contributed by atoms with van der Waals surface area (Å²) in [6.07, 6.45) is 3.48. The zero-order chi connectivity index (χ0) is 31.1. The van der Waals surface area contributed by atoms with Gasteiger partial charge in [0.25, 0.3) is 5.91 Å². The third kappa shape index (κ3) is 7.38. The predicted octanol–water partition coefficient (Wildman–Crippen LogP) is 7.80. The van der Waals surface area contributed by atoms with Crippen LogP contribution in [0.3, 0.4) is 0 Å². The molecule has 0 saturated heterocycles. The van der Waals surface area contributed by atoms with Gasteiger partial charge in [0.15, 0.2) is 0 Å². The fraction of sp³-hybridized carbons (Fsp3) is 0.0588. The molecule has 0 spiro atoms. The van der Waals surface area contributed by atoms with Crippen molar-refractivity contribution in [2.75, 3.05) is 10.6 Å². The second kappa shape index (κ2) is 14.1. The molecule has 0 aliphatic rings. The van der Waals surface area contributed by atoms with Gasteiger partial charge in [-0.1, -0.05) is 48.0 Å². The van der Waals surface area contributed by atoms with Gasteiger partial charge in [0.2, 0.25) is 5.95 Å². The number of carbonyl (C=O) groups is 2. The van der Waals surface area contributed by atoms with E-state index in [-0.39, 0.29) is 26.0 Å². The van der Waals surface area contributed by atoms with E-state index in [4.69, 9.17) is 11.6 Å². The second-order valence-corrected chi connectivity index (χ2v) is 12.2. The van der Waals surface area contributed by atoms with Gasteiger partial charge >= 0.3 is 133 Å². The third-order valence-corrected chi connectivity index (χ3v) is 8.93. The number of halogens is 2. The van der Waals surface area contributed by atoms with Gasteiger partial charge < -0.3 is 4.98 Å². The average molecular weight is 671 g/mol. The van der Waals surface area contributed by atoms with Crippen LogP contribution in [-0.2, 0) is 0 Å². The van der Waals surface area contributed by atoms with Gasteiger partial charge in [-0.2, -0.15) is 0 Å². The van der Waals surface area contributed by atoms with Crippen LogP contribution in [0.25, 0.3) is 21.3 Å². The fourth-order valence-electron chi connectivity index (χ4n) is 4.33. The molecule has 6 aromatic rings. The van der Waals surface area contributed by atoms with Crippen LogP contribution in [0, 0.1) is 19.7 Å². The number of hydrogen-bond acceptors (Lipinski definition) is 4. The molecule has 0 radical (unpaired) electrons. The summed E-state index contributed by atoms with van der Waals surface area (Å²) in [7, 11) is 0. The monoisotopic (exact) mass is 671 g/mol. The Morgan fingerprint density at radius 2 is 1.32 bits per heavy atom. The van der Waals surface area contributed by atoms with Crippen LogP contribution in [0.1, 0.15) is 31.8 Å². The molecule has 2 amide bonds. The van der Waals surface area contributed by atoms with E-state index >= 15 is 0 Å². The number of aromatic amines is 1. The van der Waals surface area contributed by atoms with Crippen LogP contribution in [0.4, 0.5) is 15.0 Å². The first kappa shape index (κ1) is 30.6. The maximum atomic E-state index is 13.6. The molecule has 2 aromatic heterocycles. The number of nitrogens with zero attached hydrogens (tertiary/aromatic N) is 2. The number of nitrogens with one attached hydrogen (secondary N) is 3. The Morgan fingerprint density at radius 1 is 0.727 bits per heavy atom. The Labute approximate surface area is 264 Å². The standard InChI is InChI=1S/C17H14ClN3O.C17H13FN2OSe/c1-11-6-2-3-7-12(11)15-10-19-17(20-15)21-16(22)13-8-4-5-9-14(13)18;1-11-6-2-3-7-12(11)15-10-19-17(22-15)20-16(21)13-8-4-5-9-14(13)18/h2-10H,1H3,(H2,19,20,21,22);2-10H,1H3,(H,19,20,21). The molecule has 3 N–H and O–H groups in total. The van der Waals surface area contributed by atoms with E-state index in [1.165, 1.54) is 17.7 Å². The maximum absolute atomic E-state index is 13.6. The number of amides is 2. The molecule has 44 heavy (non-hydrogen) atoms. The van der Waals surface area contributed by atoms with Gasteiger partial charge in [0, 0.05) is 5.56 Å². The van der Waals surface area contributed by atoms with Crippen molar-refractivity contribution >= 4 is 48.6 Å². The van der Waals surface area contributed by atoms with E-state index < -0.39 is 11.7 Å². The number of anilines is 2. The first-order valence-corrected chi connectivity index (χ1v) is 15.6. The van der Waals surface area contributed by atoms with E-state index in [9.17, 15) is 14.0 Å². The van der Waals surface area contributed by atoms with Crippen molar-refractivity contribution in [2.24, 2.45) is 0 Å². The zero-order valence-corrected chi connectivity index (χ0v) is 26.2. The number of aryl methyl sites for hydroxylation is 2. The summed E-state index contributed by atoms with van der Waals surface area (Å²) in [5, 5.41) is 5.83. The van der Waals surface area contributed by atoms with Crippen LogP contribution < -0.4 is 10.6 Å². The molecular weight excluding hydrogens is 644 g/mol. The van der Waals surface area contributed by atoms with Crippen molar-refractivity contribution in [3.8, 4) is 21.3 Å². The predicted molar refractivity (Wildman–Crippen MR) is 174 cm³/mol. The third-order valence-electron chi connectivity index (χ3n) is 6.62. The van der Waals surface area contributed by atoms with Gasteiger partial charge in [0.1, 0.15) is 0 Å². The summed E-state index contributed by atoms with van der Waals surface area (Å²) in [5.41, 5.74) is 5.80. The number of imidazole rings is 1. The topological polar surface area (TPSA) is 99.8 Å². The summed E-state index contributed by atoms with van der Waals surface area (Å²) in [6.45, 7) is 4.07. The van der Waals surface area contributed by atoms with Crippen molar-refractivity contribution in [3.05, 3.63) is 143 Å². The van der Waals surface area contributed by atoms with Gasteiger partial charge in [-0.05, 0) is 24.6 Å². The van der Waals surface area contributed by atoms with Gasteiger partial charge in [-0.15, -0.1) is 0 Å². The van der Waals surface area contributed by atoms with E-state index in [0.717, 1.165) is 26.8 Å². The minimum absolute atomic E-state index is 0.0327. The van der Waals surface area contributed by atoms with E-state index in [0.29, 0.717) is 21.2 Å². The number of H-pyrrole nitrogens is 1. The van der Waals surface area contributed by atoms with Crippen molar-refractivity contribution in [1.82, 2.24) is 15.0 Å². The number of aromatic nitrogens is 3. The number of carbonyl (C=O) groups excluding carboxylic acids is 2. The summed E-state index contributed by atoms with van der Waals surface area (Å²) >= 11 is 5.93. The Morgan fingerprint density at radius 3 is 2.00 bits per heavy atom. The molecule has 0 bridgehead atoms. The Balaban J connectivity index is 0.000000175. The first-order chi connectivity index (χ1) is 21.3. The number of rotatable bonds is 6. The van der Waals surface area contributed by atoms with Crippen LogP contribution in [-0.4, -0.2) is 41.3 Å². The molecule has 0 aliphatic carbocycles. The van der Waals surface area contributed by atoms with Gasteiger partial charge in [0.05, 0.1) is 22.5 Å². The summed E-state index contributed by atoms with van der Waals surface area (Å²) in [5.74, 6) is -0.893. The molecule has 4 aromatic carbocycles. The van der Waals surface area contributed by atoms with Gasteiger partial charge in [-0.25, -0.2) is 4.98 Å². The molecule has 0 fully saturated rings. The normalized spacial score (nSPS) is 10.5. The van der Waals surface area contributed by atoms with Crippen LogP contribution in [0.2, 0.25) is 5.02 Å². The van der Waals surface area contributed by atoms with Gasteiger partial charge in [-0.3, -0.25) is 10.1 Å². The first-order valence-electron chi connectivity index (χ1n) is 13.5. The number of hydrogen-bond donors (Lipinski definition) is 3. The van der Waals surface area contributed by atoms with Crippen molar-refractivity contribution in [1.29, 1.82) is 0 Å². The Hall–Kier alpha value is -4.82. The van der Waals surface area contributed by atoms with Crippen LogP contribution in [0.5, 0.6) is 0 Å². The molecule has 7 nitrogen and oxygen atoms in total. The molecule has 2 heterocycles. The molecule has 0 unspecified atom stereocenters. The summed E-state index contributed by atoms with van der Waals surface area (Å²) < 4.78 is 15.3. The molecule has 0 saturated carbocycles. The Bertz CT molecular complexity index is 1800. The average Bonchev–Trinajstić information content (AvgIpc) is 3.68. The van der Waals surface area contributed by atoms with E-state index in [1.807, 2.05) is 62.4 Å². The molecule has 6 rings (SSSR count). The van der Waals surface area contributed by atoms with E-state index in [2.05, 4.69) is 25.6 Å². The fourth-order valence-corrected chi connectivity index (χ4v) is 6.45. The number of benzene rings is 4. The van der Waals surface area contributed by atoms with Crippen LogP contribution >= 0.6 is 11.6 Å². The zero-order valence-electron chi connectivity index (χ0n) is 23.8. The van der Waals surface area contributed by atoms with Crippen molar-refractivity contribution in [2.45, 2.75) is 13.8 Å². The molecular formula is C34H27ClFN5O2Se. The van der Waals surface area contributed by atoms with Crippen molar-refractivity contribution in [3.63, 3.8) is 0 Å². The molecule has 220 valence electrons. The molecule has 0 atom stereocenters. The molecule has 10 heteroatoms. The quantitative estimate of drug-likeness (QED) is 0.158. The van der Waals surface area contributed by atoms with Crippen LogP contribution in [0.15, 0.2) is 109 Å². The van der Waals surface area contributed by atoms with E-state index in [1.54, 1.807) is 48.8 Å². The molecule has 0 aliphatic heterocycles. The second-order valence-electron chi connectivity index (χ2n) is 9.67. The summed E-state index contributed by atoms with van der Waals surface area (Å²) in [4.78, 5) is 35.8.